The Morgan fingerprint density at radius 3 is 2.53 bits per heavy atom. The van der Waals surface area contributed by atoms with Crippen molar-refractivity contribution >= 4 is 11.8 Å². The SMILES string of the molecule is CN(CCOc1cccc(CNC(=O)c2ccc(C(N)=O)cc2)c1)C1CCOCC1. The van der Waals surface area contributed by atoms with Crippen LogP contribution < -0.4 is 15.8 Å². The Hall–Kier alpha value is -2.90. The van der Waals surface area contributed by atoms with Crippen molar-refractivity contribution < 1.29 is 19.1 Å². The van der Waals surface area contributed by atoms with Crippen LogP contribution in [0.15, 0.2) is 48.5 Å². The summed E-state index contributed by atoms with van der Waals surface area (Å²) in [4.78, 5) is 25.8. The van der Waals surface area contributed by atoms with Crippen LogP contribution in [-0.4, -0.2) is 56.2 Å². The molecule has 0 bridgehead atoms. The van der Waals surface area contributed by atoms with Crippen molar-refractivity contribution in [1.82, 2.24) is 10.2 Å². The molecule has 0 aliphatic carbocycles. The number of benzene rings is 2. The molecule has 30 heavy (non-hydrogen) atoms. The van der Waals surface area contributed by atoms with Crippen LogP contribution in [0.1, 0.15) is 39.1 Å². The molecule has 1 fully saturated rings. The quantitative estimate of drug-likeness (QED) is 0.660. The van der Waals surface area contributed by atoms with Crippen molar-refractivity contribution in [2.24, 2.45) is 5.73 Å². The van der Waals surface area contributed by atoms with Gasteiger partial charge in [0.2, 0.25) is 5.91 Å². The Kier molecular flexibility index (Phi) is 7.82. The summed E-state index contributed by atoms with van der Waals surface area (Å²) in [5.41, 5.74) is 7.02. The van der Waals surface area contributed by atoms with Gasteiger partial charge in [0.05, 0.1) is 0 Å². The van der Waals surface area contributed by atoms with Crippen LogP contribution in [0.4, 0.5) is 0 Å². The van der Waals surface area contributed by atoms with Crippen LogP contribution in [0.3, 0.4) is 0 Å². The second-order valence-electron chi connectivity index (χ2n) is 7.44. The molecule has 0 saturated carbocycles. The number of ether oxygens (including phenoxy) is 2. The summed E-state index contributed by atoms with van der Waals surface area (Å²) in [6.07, 6.45) is 2.13. The van der Waals surface area contributed by atoms with Crippen LogP contribution in [-0.2, 0) is 11.3 Å². The van der Waals surface area contributed by atoms with Gasteiger partial charge < -0.3 is 20.5 Å². The van der Waals surface area contributed by atoms with Crippen LogP contribution in [0.2, 0.25) is 0 Å². The van der Waals surface area contributed by atoms with Gasteiger partial charge in [0, 0.05) is 43.5 Å². The number of nitrogens with zero attached hydrogens (tertiary/aromatic N) is 1. The molecule has 7 heteroatoms. The van der Waals surface area contributed by atoms with Gasteiger partial charge in [-0.15, -0.1) is 0 Å². The number of hydrogen-bond donors (Lipinski definition) is 2. The third-order valence-corrected chi connectivity index (χ3v) is 5.31. The van der Waals surface area contributed by atoms with Gasteiger partial charge in [-0.25, -0.2) is 0 Å². The molecule has 2 aromatic rings. The average molecular weight is 412 g/mol. The fourth-order valence-electron chi connectivity index (χ4n) is 3.43. The van der Waals surface area contributed by atoms with E-state index in [0.717, 1.165) is 43.9 Å². The minimum atomic E-state index is -0.516. The maximum absolute atomic E-state index is 12.3. The summed E-state index contributed by atoms with van der Waals surface area (Å²) < 4.78 is 11.3. The second-order valence-corrected chi connectivity index (χ2v) is 7.44. The summed E-state index contributed by atoms with van der Waals surface area (Å²) in [6, 6.07) is 14.5. The Bertz CT molecular complexity index is 848. The number of amides is 2. The lowest BCUT2D eigenvalue weighted by atomic mass is 10.1. The minimum absolute atomic E-state index is 0.213. The van der Waals surface area contributed by atoms with Gasteiger partial charge in [0.25, 0.3) is 5.91 Å². The van der Waals surface area contributed by atoms with Crippen LogP contribution in [0.25, 0.3) is 0 Å². The van der Waals surface area contributed by atoms with Crippen LogP contribution in [0.5, 0.6) is 5.75 Å². The van der Waals surface area contributed by atoms with E-state index in [2.05, 4.69) is 17.3 Å². The number of carbonyl (C=O) groups is 2. The lowest BCUT2D eigenvalue weighted by Crippen LogP contribution is -2.38. The zero-order valence-electron chi connectivity index (χ0n) is 17.3. The van der Waals surface area contributed by atoms with E-state index in [0.29, 0.717) is 30.3 Å². The van der Waals surface area contributed by atoms with E-state index in [-0.39, 0.29) is 5.91 Å². The first-order valence-electron chi connectivity index (χ1n) is 10.2. The van der Waals surface area contributed by atoms with E-state index >= 15 is 0 Å². The molecule has 2 aromatic carbocycles. The molecule has 2 amide bonds. The van der Waals surface area contributed by atoms with Crippen molar-refractivity contribution in [1.29, 1.82) is 0 Å². The highest BCUT2D eigenvalue weighted by Crippen LogP contribution is 2.15. The first-order chi connectivity index (χ1) is 14.5. The first-order valence-corrected chi connectivity index (χ1v) is 10.2. The number of hydrogen-bond acceptors (Lipinski definition) is 5. The summed E-state index contributed by atoms with van der Waals surface area (Å²) in [6.45, 7) is 3.51. The van der Waals surface area contributed by atoms with Gasteiger partial charge in [-0.3, -0.25) is 14.5 Å². The van der Waals surface area contributed by atoms with E-state index in [1.165, 1.54) is 0 Å². The van der Waals surface area contributed by atoms with Gasteiger partial charge in [-0.05, 0) is 61.9 Å². The minimum Gasteiger partial charge on any atom is -0.492 e. The van der Waals surface area contributed by atoms with Crippen LogP contribution >= 0.6 is 0 Å². The summed E-state index contributed by atoms with van der Waals surface area (Å²) in [5, 5.41) is 2.88. The van der Waals surface area contributed by atoms with E-state index in [9.17, 15) is 9.59 Å². The van der Waals surface area contributed by atoms with Gasteiger partial charge in [0.1, 0.15) is 12.4 Å². The van der Waals surface area contributed by atoms with E-state index < -0.39 is 5.91 Å². The third kappa shape index (κ3) is 6.30. The van der Waals surface area contributed by atoms with Crippen molar-refractivity contribution in [2.75, 3.05) is 33.4 Å². The normalized spacial score (nSPS) is 14.5. The summed E-state index contributed by atoms with van der Waals surface area (Å²) >= 11 is 0. The molecule has 0 radical (unpaired) electrons. The van der Waals surface area contributed by atoms with E-state index in [1.807, 2.05) is 24.3 Å². The topological polar surface area (TPSA) is 93.9 Å². The highest BCUT2D eigenvalue weighted by Gasteiger charge is 2.18. The molecule has 0 unspecified atom stereocenters. The van der Waals surface area contributed by atoms with Gasteiger partial charge in [-0.2, -0.15) is 0 Å². The molecule has 0 aromatic heterocycles. The zero-order chi connectivity index (χ0) is 21.3. The predicted molar refractivity (Wildman–Crippen MR) is 115 cm³/mol. The fraction of sp³-hybridized carbons (Fsp3) is 0.391. The van der Waals surface area contributed by atoms with E-state index in [4.69, 9.17) is 15.2 Å². The fourth-order valence-corrected chi connectivity index (χ4v) is 3.43. The molecular weight excluding hydrogens is 382 g/mol. The third-order valence-electron chi connectivity index (χ3n) is 5.31. The monoisotopic (exact) mass is 411 g/mol. The van der Waals surface area contributed by atoms with Crippen molar-refractivity contribution in [3.8, 4) is 5.75 Å². The second kappa shape index (κ2) is 10.8. The van der Waals surface area contributed by atoms with Crippen molar-refractivity contribution in [3.63, 3.8) is 0 Å². The Balaban J connectivity index is 1.45. The Morgan fingerprint density at radius 1 is 1.13 bits per heavy atom. The highest BCUT2D eigenvalue weighted by molar-refractivity contribution is 5.97. The predicted octanol–water partition coefficient (Wildman–Crippen LogP) is 2.21. The van der Waals surface area contributed by atoms with Crippen molar-refractivity contribution in [3.05, 3.63) is 65.2 Å². The van der Waals surface area contributed by atoms with Gasteiger partial charge in [-0.1, -0.05) is 12.1 Å². The molecule has 1 aliphatic heterocycles. The number of nitrogens with one attached hydrogen (secondary N) is 1. The number of likely N-dealkylation sites (N-methyl/N-ethyl adjacent to an activating group) is 1. The maximum atomic E-state index is 12.3. The molecule has 1 saturated heterocycles. The Labute approximate surface area is 177 Å². The number of nitrogens with two attached hydrogens (primary N) is 1. The lowest BCUT2D eigenvalue weighted by Gasteiger charge is -2.31. The highest BCUT2D eigenvalue weighted by atomic mass is 16.5. The molecular formula is C23H29N3O4. The average Bonchev–Trinajstić information content (AvgIpc) is 2.78. The van der Waals surface area contributed by atoms with Gasteiger partial charge >= 0.3 is 0 Å². The number of carbonyl (C=O) groups excluding carboxylic acids is 2. The standard InChI is InChI=1S/C23H29N3O4/c1-26(20-9-12-29-13-10-20)11-14-30-21-4-2-3-17(15-21)16-25-23(28)19-7-5-18(6-8-19)22(24)27/h2-8,15,20H,9-14,16H2,1H3,(H2,24,27)(H,25,28). The summed E-state index contributed by atoms with van der Waals surface area (Å²) in [5.74, 6) is 0.0566. The molecule has 160 valence electrons. The first kappa shape index (κ1) is 21.8. The largest absolute Gasteiger partial charge is 0.492 e. The maximum Gasteiger partial charge on any atom is 0.251 e. The lowest BCUT2D eigenvalue weighted by molar-refractivity contribution is 0.0392. The molecule has 1 heterocycles. The van der Waals surface area contributed by atoms with E-state index in [1.54, 1.807) is 24.3 Å². The molecule has 3 N–H and O–H groups in total. The number of rotatable bonds is 9. The van der Waals surface area contributed by atoms with Crippen molar-refractivity contribution in [2.45, 2.75) is 25.4 Å². The van der Waals surface area contributed by atoms with Gasteiger partial charge in [0.15, 0.2) is 0 Å². The molecule has 0 atom stereocenters. The zero-order valence-corrected chi connectivity index (χ0v) is 17.3. The Morgan fingerprint density at radius 2 is 1.83 bits per heavy atom. The smallest absolute Gasteiger partial charge is 0.251 e. The molecule has 0 spiro atoms. The molecule has 1 aliphatic rings. The number of primary amides is 1. The summed E-state index contributed by atoms with van der Waals surface area (Å²) in [7, 11) is 2.13. The molecule has 7 nitrogen and oxygen atoms in total. The van der Waals surface area contributed by atoms with Crippen LogP contribution in [0, 0.1) is 0 Å². The molecule has 3 rings (SSSR count).